The summed E-state index contributed by atoms with van der Waals surface area (Å²) in [6, 6.07) is 18.0. The molecule has 0 spiro atoms. The van der Waals surface area contributed by atoms with Gasteiger partial charge in [0, 0.05) is 54.7 Å². The largest absolute Gasteiger partial charge is 0.489 e. The van der Waals surface area contributed by atoms with Gasteiger partial charge in [-0.15, -0.1) is 0 Å². The summed E-state index contributed by atoms with van der Waals surface area (Å²) in [5.41, 5.74) is 3.71. The monoisotopic (exact) mass is 524 g/mol. The third kappa shape index (κ3) is 4.46. The van der Waals surface area contributed by atoms with E-state index in [1.807, 2.05) is 30.3 Å². The Bertz CT molecular complexity index is 1470. The van der Waals surface area contributed by atoms with Crippen LogP contribution in [0.15, 0.2) is 54.6 Å². The lowest BCUT2D eigenvalue weighted by Gasteiger charge is -2.48. The number of hydrogen-bond donors (Lipinski definition) is 1. The van der Waals surface area contributed by atoms with Crippen LogP contribution in [-0.2, 0) is 16.1 Å². The van der Waals surface area contributed by atoms with Gasteiger partial charge in [0.25, 0.3) is 5.91 Å². The molecule has 3 aromatic rings. The quantitative estimate of drug-likeness (QED) is 0.511. The number of ether oxygens (including phenoxy) is 1. The SMILES string of the molecule is O=C1CCC(N2Cc3cc(O[C@H]4CCCC[C@H]4N4CC(c5ccc6ccccc6n5)C4)ccc3C2=O)C(=O)N1. The van der Waals surface area contributed by atoms with Crippen LogP contribution in [0.2, 0.25) is 0 Å². The van der Waals surface area contributed by atoms with Gasteiger partial charge in [-0.05, 0) is 61.6 Å². The number of hydrogen-bond acceptors (Lipinski definition) is 6. The Morgan fingerprint density at radius 1 is 0.923 bits per heavy atom. The fourth-order valence-corrected chi connectivity index (χ4v) is 6.71. The molecular formula is C31H32N4O4. The third-order valence-corrected chi connectivity index (χ3v) is 8.87. The molecule has 8 heteroatoms. The molecule has 2 aromatic carbocycles. The van der Waals surface area contributed by atoms with Crippen molar-refractivity contribution in [3.63, 3.8) is 0 Å². The number of para-hydroxylation sites is 1. The van der Waals surface area contributed by atoms with Crippen molar-refractivity contribution < 1.29 is 19.1 Å². The van der Waals surface area contributed by atoms with Crippen LogP contribution in [0.1, 0.15) is 66.1 Å². The maximum absolute atomic E-state index is 13.0. The fourth-order valence-electron chi connectivity index (χ4n) is 6.71. The van der Waals surface area contributed by atoms with E-state index in [4.69, 9.17) is 9.72 Å². The molecule has 8 nitrogen and oxygen atoms in total. The number of likely N-dealkylation sites (tertiary alicyclic amines) is 1. The van der Waals surface area contributed by atoms with E-state index in [2.05, 4.69) is 34.5 Å². The van der Waals surface area contributed by atoms with Gasteiger partial charge < -0.3 is 9.64 Å². The van der Waals surface area contributed by atoms with Crippen molar-refractivity contribution >= 4 is 28.6 Å². The van der Waals surface area contributed by atoms with Gasteiger partial charge in [-0.1, -0.05) is 30.7 Å². The predicted octanol–water partition coefficient (Wildman–Crippen LogP) is 3.79. The second-order valence-corrected chi connectivity index (χ2v) is 11.3. The number of pyridine rings is 1. The normalized spacial score (nSPS) is 25.9. The van der Waals surface area contributed by atoms with Gasteiger partial charge in [-0.25, -0.2) is 0 Å². The molecule has 3 atom stereocenters. The number of benzene rings is 2. The number of carbonyl (C=O) groups is 3. The summed E-state index contributed by atoms with van der Waals surface area (Å²) in [6.45, 7) is 2.35. The van der Waals surface area contributed by atoms with E-state index in [1.54, 1.807) is 4.90 Å². The number of aromatic nitrogens is 1. The number of nitrogens with one attached hydrogen (secondary N) is 1. The van der Waals surface area contributed by atoms with Gasteiger partial charge >= 0.3 is 0 Å². The number of piperidine rings is 1. The van der Waals surface area contributed by atoms with Gasteiger partial charge in [0.05, 0.1) is 5.52 Å². The molecule has 1 N–H and O–H groups in total. The second-order valence-electron chi connectivity index (χ2n) is 11.3. The van der Waals surface area contributed by atoms with Crippen molar-refractivity contribution in [2.45, 2.75) is 69.2 Å². The van der Waals surface area contributed by atoms with E-state index in [1.165, 1.54) is 17.5 Å². The van der Waals surface area contributed by atoms with Crippen LogP contribution >= 0.6 is 0 Å². The van der Waals surface area contributed by atoms with Crippen molar-refractivity contribution in [1.29, 1.82) is 0 Å². The summed E-state index contributed by atoms with van der Waals surface area (Å²) in [7, 11) is 0. The fraction of sp³-hybridized carbons (Fsp3) is 0.419. The van der Waals surface area contributed by atoms with Crippen molar-refractivity contribution in [1.82, 2.24) is 20.1 Å². The van der Waals surface area contributed by atoms with Gasteiger partial charge in [0.1, 0.15) is 17.9 Å². The highest BCUT2D eigenvalue weighted by Crippen LogP contribution is 2.36. The lowest BCUT2D eigenvalue weighted by molar-refractivity contribution is -0.136. The molecule has 1 aliphatic carbocycles. The molecule has 3 fully saturated rings. The van der Waals surface area contributed by atoms with Crippen molar-refractivity contribution in [3.8, 4) is 5.75 Å². The maximum atomic E-state index is 13.0. The average Bonchev–Trinajstić information content (AvgIpc) is 3.24. The van der Waals surface area contributed by atoms with E-state index in [-0.39, 0.29) is 30.2 Å². The molecule has 1 unspecified atom stereocenters. The Kier molecular flexibility index (Phi) is 6.07. The average molecular weight is 525 g/mol. The van der Waals surface area contributed by atoms with E-state index in [0.29, 0.717) is 30.5 Å². The molecule has 2 saturated heterocycles. The highest BCUT2D eigenvalue weighted by atomic mass is 16.5. The molecule has 200 valence electrons. The van der Waals surface area contributed by atoms with Gasteiger partial charge in [0.15, 0.2) is 0 Å². The molecule has 1 aromatic heterocycles. The highest BCUT2D eigenvalue weighted by Gasteiger charge is 2.41. The lowest BCUT2D eigenvalue weighted by atomic mass is 9.85. The van der Waals surface area contributed by atoms with Crippen LogP contribution in [0.4, 0.5) is 0 Å². The van der Waals surface area contributed by atoms with Crippen LogP contribution in [0, 0.1) is 0 Å². The Morgan fingerprint density at radius 3 is 2.64 bits per heavy atom. The van der Waals surface area contributed by atoms with Crippen molar-refractivity contribution in [3.05, 3.63) is 71.4 Å². The first-order chi connectivity index (χ1) is 19.0. The topological polar surface area (TPSA) is 91.8 Å². The standard InChI is InChI=1S/C31H32N4O4/c36-29-14-13-27(30(37)33-29)35-18-20-15-22(10-11-23(20)31(35)38)39-28-8-4-3-7-26(28)34-16-21(17-34)25-12-9-19-5-1-2-6-24(19)32-25/h1-2,5-6,9-12,15,21,26-28H,3-4,7-8,13-14,16-18H2,(H,33,36,37)/t26-,27?,28+/m1/s1. The molecule has 1 saturated carbocycles. The summed E-state index contributed by atoms with van der Waals surface area (Å²) in [6.07, 6.45) is 5.21. The number of rotatable bonds is 5. The zero-order valence-corrected chi connectivity index (χ0v) is 21.8. The number of carbonyl (C=O) groups excluding carboxylic acids is 3. The lowest BCUT2D eigenvalue weighted by Crippen LogP contribution is -2.57. The molecule has 39 heavy (non-hydrogen) atoms. The van der Waals surface area contributed by atoms with E-state index >= 15 is 0 Å². The molecule has 7 rings (SSSR count). The van der Waals surface area contributed by atoms with Gasteiger partial charge in [-0.2, -0.15) is 0 Å². The number of imide groups is 1. The minimum Gasteiger partial charge on any atom is -0.489 e. The molecule has 3 amide bonds. The van der Waals surface area contributed by atoms with Gasteiger partial charge in [0.2, 0.25) is 11.8 Å². The first-order valence-electron chi connectivity index (χ1n) is 14.1. The number of amides is 3. The van der Waals surface area contributed by atoms with Crippen molar-refractivity contribution in [2.24, 2.45) is 0 Å². The highest BCUT2D eigenvalue weighted by molar-refractivity contribution is 6.05. The smallest absolute Gasteiger partial charge is 0.255 e. The summed E-state index contributed by atoms with van der Waals surface area (Å²) in [4.78, 5) is 46.0. The summed E-state index contributed by atoms with van der Waals surface area (Å²) in [5, 5.41) is 3.54. The van der Waals surface area contributed by atoms with E-state index < -0.39 is 6.04 Å². The van der Waals surface area contributed by atoms with E-state index in [0.717, 1.165) is 49.2 Å². The predicted molar refractivity (Wildman–Crippen MR) is 145 cm³/mol. The molecular weight excluding hydrogens is 492 g/mol. The minimum absolute atomic E-state index is 0.102. The Labute approximate surface area is 227 Å². The zero-order chi connectivity index (χ0) is 26.5. The Hall–Kier alpha value is -3.78. The molecule has 4 heterocycles. The number of fused-ring (bicyclic) bond motifs is 2. The van der Waals surface area contributed by atoms with Gasteiger partial charge in [-0.3, -0.25) is 29.6 Å². The van der Waals surface area contributed by atoms with Crippen LogP contribution in [-0.4, -0.2) is 63.8 Å². The Balaban J connectivity index is 1.02. The Morgan fingerprint density at radius 2 is 1.77 bits per heavy atom. The molecule has 0 radical (unpaired) electrons. The summed E-state index contributed by atoms with van der Waals surface area (Å²) >= 11 is 0. The third-order valence-electron chi connectivity index (χ3n) is 8.87. The molecule has 0 bridgehead atoms. The van der Waals surface area contributed by atoms with Crippen molar-refractivity contribution in [2.75, 3.05) is 13.1 Å². The summed E-state index contributed by atoms with van der Waals surface area (Å²) < 4.78 is 6.59. The van der Waals surface area contributed by atoms with Crippen LogP contribution < -0.4 is 10.1 Å². The summed E-state index contributed by atoms with van der Waals surface area (Å²) in [5.74, 6) is 0.398. The van der Waals surface area contributed by atoms with Crippen LogP contribution in [0.25, 0.3) is 10.9 Å². The molecule has 4 aliphatic rings. The first kappa shape index (κ1) is 24.3. The maximum Gasteiger partial charge on any atom is 0.255 e. The van der Waals surface area contributed by atoms with Crippen LogP contribution in [0.3, 0.4) is 0 Å². The minimum atomic E-state index is -0.605. The first-order valence-corrected chi connectivity index (χ1v) is 14.1. The zero-order valence-electron chi connectivity index (χ0n) is 21.8. The number of nitrogens with zero attached hydrogens (tertiary/aromatic N) is 3. The van der Waals surface area contributed by atoms with E-state index in [9.17, 15) is 14.4 Å². The van der Waals surface area contributed by atoms with Crippen LogP contribution in [0.5, 0.6) is 5.75 Å². The molecule has 3 aliphatic heterocycles. The second kappa shape index (κ2) is 9.75.